The summed E-state index contributed by atoms with van der Waals surface area (Å²) >= 11 is 1.97. The van der Waals surface area contributed by atoms with Gasteiger partial charge in [0.2, 0.25) is 0 Å². The van der Waals surface area contributed by atoms with E-state index < -0.39 is 0 Å². The number of aliphatic hydroxyl groups excluding tert-OH is 1. The molecule has 0 fully saturated rings. The Bertz CT molecular complexity index is 167. The molecule has 0 spiro atoms. The molecule has 1 unspecified atom stereocenters. The smallest absolute Gasteiger partial charge is 0.0556 e. The lowest BCUT2D eigenvalue weighted by Crippen LogP contribution is -2.26. The first-order chi connectivity index (χ1) is 9.31. The molecule has 19 heavy (non-hydrogen) atoms. The van der Waals surface area contributed by atoms with Gasteiger partial charge in [-0.15, -0.1) is 11.8 Å². The molecule has 2 nitrogen and oxygen atoms in total. The zero-order chi connectivity index (χ0) is 14.2. The lowest BCUT2D eigenvalue weighted by Gasteiger charge is -2.12. The van der Waals surface area contributed by atoms with Crippen molar-refractivity contribution in [3.8, 4) is 0 Å². The van der Waals surface area contributed by atoms with Crippen LogP contribution >= 0.6 is 11.8 Å². The summed E-state index contributed by atoms with van der Waals surface area (Å²) in [6.07, 6.45) is 14.1. The van der Waals surface area contributed by atoms with Crippen LogP contribution in [0.25, 0.3) is 0 Å². The van der Waals surface area contributed by atoms with E-state index in [0.717, 1.165) is 0 Å². The SMILES string of the molecule is CCCCCCCCCCCCSC(C)NCCO. The molecule has 0 aliphatic carbocycles. The molecule has 3 heteroatoms. The van der Waals surface area contributed by atoms with E-state index in [1.807, 2.05) is 11.8 Å². The Morgan fingerprint density at radius 1 is 0.895 bits per heavy atom. The Labute approximate surface area is 125 Å². The first-order valence-corrected chi connectivity index (χ1v) is 9.32. The molecule has 0 saturated carbocycles. The molecule has 2 N–H and O–H groups in total. The summed E-state index contributed by atoms with van der Waals surface area (Å²) in [7, 11) is 0. The van der Waals surface area contributed by atoms with Gasteiger partial charge in [0.05, 0.1) is 12.0 Å². The topological polar surface area (TPSA) is 32.3 Å². The Hall–Kier alpha value is 0.270. The highest BCUT2D eigenvalue weighted by Crippen LogP contribution is 2.14. The van der Waals surface area contributed by atoms with Gasteiger partial charge in [-0.1, -0.05) is 64.7 Å². The molecule has 0 aromatic rings. The highest BCUT2D eigenvalue weighted by atomic mass is 32.2. The average Bonchev–Trinajstić information content (AvgIpc) is 2.42. The Morgan fingerprint density at radius 2 is 1.42 bits per heavy atom. The zero-order valence-electron chi connectivity index (χ0n) is 13.1. The van der Waals surface area contributed by atoms with Crippen molar-refractivity contribution in [2.45, 2.75) is 83.4 Å². The van der Waals surface area contributed by atoms with Crippen molar-refractivity contribution in [2.24, 2.45) is 0 Å². The number of thioether (sulfide) groups is 1. The second-order valence-electron chi connectivity index (χ2n) is 5.37. The summed E-state index contributed by atoms with van der Waals surface area (Å²) in [5, 5.41) is 12.5. The quantitative estimate of drug-likeness (QED) is 0.342. The first-order valence-electron chi connectivity index (χ1n) is 8.27. The van der Waals surface area contributed by atoms with Gasteiger partial charge in [-0.05, 0) is 19.1 Å². The van der Waals surface area contributed by atoms with Crippen molar-refractivity contribution < 1.29 is 5.11 Å². The van der Waals surface area contributed by atoms with Crippen LogP contribution in [0.2, 0.25) is 0 Å². The van der Waals surface area contributed by atoms with Crippen LogP contribution < -0.4 is 5.32 Å². The van der Waals surface area contributed by atoms with Gasteiger partial charge < -0.3 is 10.4 Å². The summed E-state index contributed by atoms with van der Waals surface area (Å²) in [5.41, 5.74) is 0. The molecule has 0 saturated heterocycles. The van der Waals surface area contributed by atoms with Crippen molar-refractivity contribution in [1.29, 1.82) is 0 Å². The number of nitrogens with one attached hydrogen (secondary N) is 1. The molecule has 0 radical (unpaired) electrons. The maximum absolute atomic E-state index is 8.70. The van der Waals surface area contributed by atoms with Crippen LogP contribution in [0.5, 0.6) is 0 Å². The van der Waals surface area contributed by atoms with Crippen LogP contribution in [-0.4, -0.2) is 29.4 Å². The molecule has 1 atom stereocenters. The van der Waals surface area contributed by atoms with Crippen LogP contribution in [0.1, 0.15) is 78.1 Å². The van der Waals surface area contributed by atoms with Gasteiger partial charge in [0.15, 0.2) is 0 Å². The molecule has 116 valence electrons. The normalized spacial score (nSPS) is 12.8. The van der Waals surface area contributed by atoms with Crippen molar-refractivity contribution in [1.82, 2.24) is 5.32 Å². The van der Waals surface area contributed by atoms with Crippen LogP contribution in [0.4, 0.5) is 0 Å². The molecule has 0 aromatic heterocycles. The van der Waals surface area contributed by atoms with Crippen LogP contribution in [0.3, 0.4) is 0 Å². The third-order valence-corrected chi connectivity index (χ3v) is 4.60. The van der Waals surface area contributed by atoms with Gasteiger partial charge in [0, 0.05) is 6.54 Å². The van der Waals surface area contributed by atoms with Crippen molar-refractivity contribution >= 4 is 11.8 Å². The molecule has 0 aliphatic rings. The van der Waals surface area contributed by atoms with Crippen molar-refractivity contribution in [3.05, 3.63) is 0 Å². The Kier molecular flexibility index (Phi) is 16.6. The highest BCUT2D eigenvalue weighted by molar-refractivity contribution is 7.99. The van der Waals surface area contributed by atoms with Gasteiger partial charge in [0.1, 0.15) is 0 Å². The third-order valence-electron chi connectivity index (χ3n) is 3.41. The molecular formula is C16H35NOS. The Balaban J connectivity index is 3.02. The van der Waals surface area contributed by atoms with Crippen LogP contribution in [-0.2, 0) is 0 Å². The first kappa shape index (κ1) is 19.3. The van der Waals surface area contributed by atoms with E-state index in [1.165, 1.54) is 70.0 Å². The minimum Gasteiger partial charge on any atom is -0.395 e. The maximum atomic E-state index is 8.70. The molecule has 0 heterocycles. The maximum Gasteiger partial charge on any atom is 0.0556 e. The lowest BCUT2D eigenvalue weighted by molar-refractivity contribution is 0.292. The van der Waals surface area contributed by atoms with E-state index in [9.17, 15) is 0 Å². The van der Waals surface area contributed by atoms with E-state index in [2.05, 4.69) is 19.2 Å². The average molecular weight is 290 g/mol. The summed E-state index contributed by atoms with van der Waals surface area (Å²) in [4.78, 5) is 0. The van der Waals surface area contributed by atoms with Gasteiger partial charge in [-0.3, -0.25) is 0 Å². The predicted octanol–water partition coefficient (Wildman–Crippen LogP) is 4.57. The fourth-order valence-corrected chi connectivity index (χ4v) is 3.14. The molecular weight excluding hydrogens is 254 g/mol. The standard InChI is InChI=1S/C16H35NOS/c1-3-4-5-6-7-8-9-10-11-12-15-19-16(2)17-13-14-18/h16-18H,3-15H2,1-2H3. The molecule has 0 amide bonds. The van der Waals surface area contributed by atoms with E-state index in [1.54, 1.807) is 0 Å². The predicted molar refractivity (Wildman–Crippen MR) is 88.9 cm³/mol. The fourth-order valence-electron chi connectivity index (χ4n) is 2.18. The summed E-state index contributed by atoms with van der Waals surface area (Å²) in [6, 6.07) is 0. The summed E-state index contributed by atoms with van der Waals surface area (Å²) in [6.45, 7) is 5.41. The van der Waals surface area contributed by atoms with Gasteiger partial charge in [-0.2, -0.15) is 0 Å². The number of unbranched alkanes of at least 4 members (excludes halogenated alkanes) is 9. The molecule has 0 rings (SSSR count). The Morgan fingerprint density at radius 3 is 1.95 bits per heavy atom. The third kappa shape index (κ3) is 16.2. The van der Waals surface area contributed by atoms with Gasteiger partial charge >= 0.3 is 0 Å². The second-order valence-corrected chi connectivity index (χ2v) is 6.82. The zero-order valence-corrected chi connectivity index (χ0v) is 13.9. The van der Waals surface area contributed by atoms with Crippen LogP contribution in [0.15, 0.2) is 0 Å². The van der Waals surface area contributed by atoms with E-state index in [-0.39, 0.29) is 6.61 Å². The molecule has 0 aromatic carbocycles. The molecule has 0 aliphatic heterocycles. The second kappa shape index (κ2) is 16.3. The minimum atomic E-state index is 0.239. The van der Waals surface area contributed by atoms with Gasteiger partial charge in [0.25, 0.3) is 0 Å². The van der Waals surface area contributed by atoms with E-state index in [4.69, 9.17) is 5.11 Å². The van der Waals surface area contributed by atoms with Crippen LogP contribution in [0, 0.1) is 0 Å². The molecule has 0 bridgehead atoms. The fraction of sp³-hybridized carbons (Fsp3) is 1.00. The monoisotopic (exact) mass is 289 g/mol. The number of rotatable bonds is 15. The number of aliphatic hydroxyl groups is 1. The lowest BCUT2D eigenvalue weighted by atomic mass is 10.1. The van der Waals surface area contributed by atoms with E-state index >= 15 is 0 Å². The summed E-state index contributed by atoms with van der Waals surface area (Å²) in [5.74, 6) is 1.25. The minimum absolute atomic E-state index is 0.239. The number of hydrogen-bond donors (Lipinski definition) is 2. The highest BCUT2D eigenvalue weighted by Gasteiger charge is 2.00. The van der Waals surface area contributed by atoms with Gasteiger partial charge in [-0.25, -0.2) is 0 Å². The van der Waals surface area contributed by atoms with Crippen molar-refractivity contribution in [2.75, 3.05) is 18.9 Å². The van der Waals surface area contributed by atoms with Crippen molar-refractivity contribution in [3.63, 3.8) is 0 Å². The van der Waals surface area contributed by atoms with E-state index in [0.29, 0.717) is 11.9 Å². The largest absolute Gasteiger partial charge is 0.395 e. The number of hydrogen-bond acceptors (Lipinski definition) is 3. The summed E-state index contributed by atoms with van der Waals surface area (Å²) < 4.78 is 0.